The van der Waals surface area contributed by atoms with Gasteiger partial charge in [-0.2, -0.15) is 0 Å². The maximum Gasteiger partial charge on any atom is 0.264 e. The van der Waals surface area contributed by atoms with Crippen molar-refractivity contribution in [2.45, 2.75) is 6.92 Å². The predicted molar refractivity (Wildman–Crippen MR) is 96.6 cm³/mol. The van der Waals surface area contributed by atoms with E-state index < -0.39 is 0 Å². The van der Waals surface area contributed by atoms with E-state index in [-0.39, 0.29) is 11.7 Å². The van der Waals surface area contributed by atoms with Gasteiger partial charge < -0.3 is 15.2 Å². The van der Waals surface area contributed by atoms with Crippen LogP contribution in [0.15, 0.2) is 52.4 Å². The van der Waals surface area contributed by atoms with Crippen molar-refractivity contribution < 1.29 is 14.6 Å². The normalized spacial score (nSPS) is 17.3. The number of amidine groups is 1. The quantitative estimate of drug-likeness (QED) is 0.838. The fourth-order valence-corrected chi connectivity index (χ4v) is 3.07. The van der Waals surface area contributed by atoms with E-state index in [1.54, 1.807) is 18.2 Å². The first kappa shape index (κ1) is 16.1. The van der Waals surface area contributed by atoms with Crippen molar-refractivity contribution in [3.8, 4) is 11.5 Å². The molecule has 0 atom stereocenters. The monoisotopic (exact) mass is 340 g/mol. The second-order valence-corrected chi connectivity index (χ2v) is 6.28. The summed E-state index contributed by atoms with van der Waals surface area (Å²) in [5.41, 5.74) is 2.67. The molecule has 1 aliphatic rings. The number of phenols is 1. The van der Waals surface area contributed by atoms with Crippen LogP contribution in [-0.2, 0) is 4.79 Å². The summed E-state index contributed by atoms with van der Waals surface area (Å²) in [5.74, 6) is 0.227. The number of amides is 1. The van der Waals surface area contributed by atoms with Crippen LogP contribution >= 0.6 is 11.8 Å². The number of nitrogens with zero attached hydrogens (tertiary/aromatic N) is 1. The fraction of sp³-hybridized carbons (Fsp3) is 0.111. The minimum atomic E-state index is -0.196. The van der Waals surface area contributed by atoms with Crippen LogP contribution in [0.1, 0.15) is 11.1 Å². The first-order valence-corrected chi connectivity index (χ1v) is 8.10. The van der Waals surface area contributed by atoms with Gasteiger partial charge in [0.25, 0.3) is 5.91 Å². The minimum absolute atomic E-state index is 0.0601. The maximum absolute atomic E-state index is 12.1. The molecule has 0 unspecified atom stereocenters. The Morgan fingerprint density at radius 1 is 1.25 bits per heavy atom. The molecular weight excluding hydrogens is 324 g/mol. The molecule has 2 N–H and O–H groups in total. The smallest absolute Gasteiger partial charge is 0.264 e. The zero-order chi connectivity index (χ0) is 17.1. The van der Waals surface area contributed by atoms with Crippen LogP contribution in [0.4, 0.5) is 5.69 Å². The van der Waals surface area contributed by atoms with E-state index in [1.807, 2.05) is 31.2 Å². The Morgan fingerprint density at radius 2 is 2.08 bits per heavy atom. The number of rotatable bonds is 3. The number of benzene rings is 2. The van der Waals surface area contributed by atoms with Crippen LogP contribution in [-0.4, -0.2) is 23.3 Å². The molecule has 0 bridgehead atoms. The van der Waals surface area contributed by atoms with Crippen molar-refractivity contribution in [1.29, 1.82) is 0 Å². The average Bonchev–Trinajstić information content (AvgIpc) is 2.88. The number of hydrogen-bond donors (Lipinski definition) is 2. The van der Waals surface area contributed by atoms with E-state index in [4.69, 9.17) is 4.74 Å². The van der Waals surface area contributed by atoms with Crippen LogP contribution in [0.25, 0.3) is 6.08 Å². The molecule has 0 aromatic heterocycles. The summed E-state index contributed by atoms with van der Waals surface area (Å²) in [5, 5.41) is 12.9. The third kappa shape index (κ3) is 3.60. The third-order valence-corrected chi connectivity index (χ3v) is 4.29. The van der Waals surface area contributed by atoms with Gasteiger partial charge in [-0.25, -0.2) is 4.99 Å². The second kappa shape index (κ2) is 6.80. The Morgan fingerprint density at radius 3 is 2.83 bits per heavy atom. The number of thioether (sulfide) groups is 1. The number of nitrogens with one attached hydrogen (secondary N) is 1. The summed E-state index contributed by atoms with van der Waals surface area (Å²) in [6, 6.07) is 12.7. The molecule has 0 saturated carbocycles. The number of carbonyl (C=O) groups is 1. The Bertz CT molecular complexity index is 859. The highest BCUT2D eigenvalue weighted by atomic mass is 32.2. The molecule has 6 heteroatoms. The van der Waals surface area contributed by atoms with Crippen molar-refractivity contribution >= 4 is 34.6 Å². The van der Waals surface area contributed by atoms with E-state index in [0.29, 0.717) is 15.8 Å². The molecule has 0 aliphatic carbocycles. The average molecular weight is 340 g/mol. The van der Waals surface area contributed by atoms with Crippen molar-refractivity contribution in [2.75, 3.05) is 7.11 Å². The topological polar surface area (TPSA) is 70.9 Å². The maximum atomic E-state index is 12.1. The summed E-state index contributed by atoms with van der Waals surface area (Å²) in [4.78, 5) is 17.1. The molecule has 1 heterocycles. The van der Waals surface area contributed by atoms with Crippen molar-refractivity contribution in [1.82, 2.24) is 5.32 Å². The standard InChI is InChI=1S/C18H16N2O3S/c1-11-4-3-5-13(8-11)19-18-20-17(22)16(24-18)10-12-6-7-14(21)15(9-12)23-2/h3-10,21H,1-2H3,(H,19,20,22). The summed E-state index contributed by atoms with van der Waals surface area (Å²) >= 11 is 1.28. The first-order valence-electron chi connectivity index (χ1n) is 7.28. The van der Waals surface area contributed by atoms with Crippen molar-refractivity contribution in [3.63, 3.8) is 0 Å². The number of aliphatic imine (C=N–C) groups is 1. The van der Waals surface area contributed by atoms with Gasteiger partial charge in [-0.15, -0.1) is 0 Å². The lowest BCUT2D eigenvalue weighted by Gasteiger charge is -2.03. The minimum Gasteiger partial charge on any atom is -0.504 e. The van der Waals surface area contributed by atoms with Gasteiger partial charge in [0, 0.05) is 0 Å². The first-order chi connectivity index (χ1) is 11.5. The Kier molecular flexibility index (Phi) is 4.57. The molecule has 2 aromatic carbocycles. The van der Waals surface area contributed by atoms with Gasteiger partial charge in [-0.3, -0.25) is 4.79 Å². The lowest BCUT2D eigenvalue weighted by molar-refractivity contribution is -0.115. The van der Waals surface area contributed by atoms with Crippen molar-refractivity contribution in [3.05, 3.63) is 58.5 Å². The Balaban J connectivity index is 1.84. The van der Waals surface area contributed by atoms with Crippen LogP contribution in [0.2, 0.25) is 0 Å². The summed E-state index contributed by atoms with van der Waals surface area (Å²) in [6.07, 6.45) is 1.74. The van der Waals surface area contributed by atoms with Gasteiger partial charge in [0.2, 0.25) is 0 Å². The van der Waals surface area contributed by atoms with E-state index in [0.717, 1.165) is 16.8 Å². The van der Waals surface area contributed by atoms with E-state index in [1.165, 1.54) is 24.9 Å². The van der Waals surface area contributed by atoms with Gasteiger partial charge >= 0.3 is 0 Å². The van der Waals surface area contributed by atoms with Gasteiger partial charge in [-0.05, 0) is 60.2 Å². The third-order valence-electron chi connectivity index (χ3n) is 3.38. The highest BCUT2D eigenvalue weighted by molar-refractivity contribution is 8.18. The molecule has 5 nitrogen and oxygen atoms in total. The van der Waals surface area contributed by atoms with Crippen LogP contribution in [0.5, 0.6) is 11.5 Å². The molecule has 1 fully saturated rings. The zero-order valence-corrected chi connectivity index (χ0v) is 14.1. The van der Waals surface area contributed by atoms with Crippen molar-refractivity contribution in [2.24, 2.45) is 4.99 Å². The number of methoxy groups -OCH3 is 1. The molecule has 122 valence electrons. The Hall–Kier alpha value is -2.73. The van der Waals surface area contributed by atoms with Gasteiger partial charge in [-0.1, -0.05) is 18.2 Å². The SMILES string of the molecule is COc1cc(C=C2SC(=Nc3cccc(C)c3)NC2=O)ccc1O. The molecule has 0 spiro atoms. The van der Waals surface area contributed by atoms with Crippen LogP contribution in [0, 0.1) is 6.92 Å². The summed E-state index contributed by atoms with van der Waals surface area (Å²) in [7, 11) is 1.48. The number of phenolic OH excluding ortho intramolecular Hbond substituents is 1. The summed E-state index contributed by atoms with van der Waals surface area (Å²) < 4.78 is 5.08. The van der Waals surface area contributed by atoms with E-state index in [9.17, 15) is 9.90 Å². The number of hydrogen-bond acceptors (Lipinski definition) is 5. The van der Waals surface area contributed by atoms with Gasteiger partial charge in [0.15, 0.2) is 16.7 Å². The molecule has 1 saturated heterocycles. The number of aryl methyl sites for hydroxylation is 1. The lowest BCUT2D eigenvalue weighted by Crippen LogP contribution is -2.19. The highest BCUT2D eigenvalue weighted by Gasteiger charge is 2.23. The van der Waals surface area contributed by atoms with Gasteiger partial charge in [0.05, 0.1) is 17.7 Å². The van der Waals surface area contributed by atoms with Gasteiger partial charge in [0.1, 0.15) is 0 Å². The van der Waals surface area contributed by atoms with E-state index >= 15 is 0 Å². The second-order valence-electron chi connectivity index (χ2n) is 5.25. The lowest BCUT2D eigenvalue weighted by atomic mass is 10.2. The van der Waals surface area contributed by atoms with E-state index in [2.05, 4.69) is 10.3 Å². The molecule has 1 aliphatic heterocycles. The number of carbonyl (C=O) groups excluding carboxylic acids is 1. The number of ether oxygens (including phenoxy) is 1. The zero-order valence-electron chi connectivity index (χ0n) is 13.2. The fourth-order valence-electron chi connectivity index (χ4n) is 2.23. The Labute approximate surface area is 144 Å². The molecule has 24 heavy (non-hydrogen) atoms. The molecular formula is C18H16N2O3S. The molecule has 0 radical (unpaired) electrons. The molecule has 3 rings (SSSR count). The largest absolute Gasteiger partial charge is 0.504 e. The van der Waals surface area contributed by atoms with Crippen LogP contribution < -0.4 is 10.1 Å². The number of aromatic hydroxyl groups is 1. The molecule has 1 amide bonds. The molecule has 2 aromatic rings. The van der Waals surface area contributed by atoms with Crippen LogP contribution in [0.3, 0.4) is 0 Å². The predicted octanol–water partition coefficient (Wildman–Crippen LogP) is 3.60. The highest BCUT2D eigenvalue weighted by Crippen LogP contribution is 2.31. The summed E-state index contributed by atoms with van der Waals surface area (Å²) in [6.45, 7) is 1.99.